The Bertz CT molecular complexity index is 56.9. The summed E-state index contributed by atoms with van der Waals surface area (Å²) < 4.78 is 0. The molecule has 0 aromatic carbocycles. The standard InChI is InChI=1S/C7H18BN/c1-3-5-7-9(8)6-4-2/h3-8H2,1-2H3. The van der Waals surface area contributed by atoms with E-state index in [1.54, 1.807) is 0 Å². The number of hydrogen-bond acceptors (Lipinski definition) is 1. The fourth-order valence-electron chi connectivity index (χ4n) is 0.922. The van der Waals surface area contributed by atoms with Crippen molar-refractivity contribution in [2.24, 2.45) is 0 Å². The van der Waals surface area contributed by atoms with E-state index in [9.17, 15) is 0 Å². The van der Waals surface area contributed by atoms with Crippen molar-refractivity contribution in [1.82, 2.24) is 4.81 Å². The van der Waals surface area contributed by atoms with Crippen molar-refractivity contribution in [3.05, 3.63) is 0 Å². The largest absolute Gasteiger partial charge is 0.349 e. The van der Waals surface area contributed by atoms with Crippen LogP contribution in [0.2, 0.25) is 0 Å². The Kier molecular flexibility index (Phi) is 6.17. The third-order valence-corrected chi connectivity index (χ3v) is 1.50. The molecule has 0 aromatic heterocycles. The van der Waals surface area contributed by atoms with Crippen LogP contribution in [-0.2, 0) is 0 Å². The molecule has 0 radical (unpaired) electrons. The Morgan fingerprint density at radius 3 is 2.22 bits per heavy atom. The van der Waals surface area contributed by atoms with Crippen molar-refractivity contribution in [3.8, 4) is 0 Å². The zero-order valence-corrected chi connectivity index (χ0v) is 6.98. The SMILES string of the molecule is BN(CCC)CCCC. The van der Waals surface area contributed by atoms with Gasteiger partial charge in [-0.2, -0.15) is 0 Å². The molecule has 0 unspecified atom stereocenters. The smallest absolute Gasteiger partial charge is 0.185 e. The molecule has 0 N–H and O–H groups in total. The van der Waals surface area contributed by atoms with Crippen LogP contribution < -0.4 is 0 Å². The molecular formula is C7H18BN. The lowest BCUT2D eigenvalue weighted by Crippen LogP contribution is -2.21. The van der Waals surface area contributed by atoms with E-state index in [0.717, 1.165) is 0 Å². The van der Waals surface area contributed by atoms with E-state index in [1.807, 2.05) is 0 Å². The first-order chi connectivity index (χ1) is 4.31. The molecule has 0 heterocycles. The summed E-state index contributed by atoms with van der Waals surface area (Å²) >= 11 is 0. The molecular weight excluding hydrogens is 109 g/mol. The second-order valence-electron chi connectivity index (χ2n) is 2.66. The minimum absolute atomic E-state index is 1.25. The van der Waals surface area contributed by atoms with Gasteiger partial charge in [0.25, 0.3) is 0 Å². The minimum Gasteiger partial charge on any atom is -0.349 e. The molecule has 0 rings (SSSR count). The van der Waals surface area contributed by atoms with Gasteiger partial charge >= 0.3 is 0 Å². The topological polar surface area (TPSA) is 3.24 Å². The van der Waals surface area contributed by atoms with Gasteiger partial charge in [-0.1, -0.05) is 20.3 Å². The molecule has 0 amide bonds. The highest BCUT2D eigenvalue weighted by atomic mass is 15.0. The molecule has 2 heteroatoms. The fourth-order valence-corrected chi connectivity index (χ4v) is 0.922. The maximum atomic E-state index is 2.39. The summed E-state index contributed by atoms with van der Waals surface area (Å²) in [5.74, 6) is 0. The Balaban J connectivity index is 2.95. The maximum Gasteiger partial charge on any atom is 0.185 e. The predicted molar refractivity (Wildman–Crippen MR) is 45.3 cm³/mol. The number of hydrogen-bond donors (Lipinski definition) is 0. The number of unbranched alkanes of at least 4 members (excludes halogenated alkanes) is 1. The number of nitrogens with zero attached hydrogens (tertiary/aromatic N) is 1. The van der Waals surface area contributed by atoms with Crippen LogP contribution in [0.4, 0.5) is 0 Å². The van der Waals surface area contributed by atoms with Crippen molar-refractivity contribution >= 4 is 7.98 Å². The van der Waals surface area contributed by atoms with Crippen LogP contribution in [0.25, 0.3) is 0 Å². The van der Waals surface area contributed by atoms with Gasteiger partial charge < -0.3 is 4.81 Å². The quantitative estimate of drug-likeness (QED) is 0.499. The van der Waals surface area contributed by atoms with E-state index in [1.165, 1.54) is 32.4 Å². The third kappa shape index (κ3) is 5.90. The summed E-state index contributed by atoms with van der Waals surface area (Å²) in [6.07, 6.45) is 3.94. The van der Waals surface area contributed by atoms with Crippen molar-refractivity contribution in [2.75, 3.05) is 13.1 Å². The molecule has 0 spiro atoms. The van der Waals surface area contributed by atoms with Gasteiger partial charge in [-0.05, 0) is 25.9 Å². The van der Waals surface area contributed by atoms with Crippen LogP contribution in [0.5, 0.6) is 0 Å². The molecule has 0 fully saturated rings. The van der Waals surface area contributed by atoms with Crippen molar-refractivity contribution < 1.29 is 0 Å². The zero-order chi connectivity index (χ0) is 7.11. The zero-order valence-electron chi connectivity index (χ0n) is 6.98. The van der Waals surface area contributed by atoms with Gasteiger partial charge in [0, 0.05) is 0 Å². The monoisotopic (exact) mass is 127 g/mol. The van der Waals surface area contributed by atoms with E-state index in [4.69, 9.17) is 0 Å². The van der Waals surface area contributed by atoms with Gasteiger partial charge in [0.1, 0.15) is 0 Å². The lowest BCUT2D eigenvalue weighted by molar-refractivity contribution is 0.439. The minimum atomic E-state index is 1.25. The van der Waals surface area contributed by atoms with E-state index in [2.05, 4.69) is 26.6 Å². The van der Waals surface area contributed by atoms with Crippen molar-refractivity contribution in [1.29, 1.82) is 0 Å². The summed E-state index contributed by atoms with van der Waals surface area (Å²) in [6, 6.07) is 0. The highest BCUT2D eigenvalue weighted by Crippen LogP contribution is 1.91. The summed E-state index contributed by atoms with van der Waals surface area (Å²) in [6.45, 7) is 6.98. The maximum absolute atomic E-state index is 2.39. The van der Waals surface area contributed by atoms with Gasteiger partial charge in [0.2, 0.25) is 0 Å². The first kappa shape index (κ1) is 9.02. The molecule has 0 saturated heterocycles. The molecule has 54 valence electrons. The molecule has 0 saturated carbocycles. The first-order valence-corrected chi connectivity index (χ1v) is 3.99. The summed E-state index contributed by atoms with van der Waals surface area (Å²) in [4.78, 5) is 2.39. The molecule has 0 aliphatic carbocycles. The second-order valence-corrected chi connectivity index (χ2v) is 2.66. The molecule has 1 nitrogen and oxygen atoms in total. The van der Waals surface area contributed by atoms with Crippen LogP contribution >= 0.6 is 0 Å². The van der Waals surface area contributed by atoms with E-state index in [0.29, 0.717) is 0 Å². The Morgan fingerprint density at radius 2 is 1.78 bits per heavy atom. The summed E-state index contributed by atoms with van der Waals surface area (Å²) in [7, 11) is 2.19. The highest BCUT2D eigenvalue weighted by Gasteiger charge is 1.92. The molecule has 9 heavy (non-hydrogen) atoms. The first-order valence-electron chi connectivity index (χ1n) is 3.99. The van der Waals surface area contributed by atoms with Crippen molar-refractivity contribution in [3.63, 3.8) is 0 Å². The van der Waals surface area contributed by atoms with Crippen LogP contribution in [0.1, 0.15) is 33.1 Å². The predicted octanol–water partition coefficient (Wildman–Crippen LogP) is 1.05. The van der Waals surface area contributed by atoms with Gasteiger partial charge in [0.05, 0.1) is 0 Å². The van der Waals surface area contributed by atoms with Crippen LogP contribution in [0, 0.1) is 0 Å². The highest BCUT2D eigenvalue weighted by molar-refractivity contribution is 6.04. The lowest BCUT2D eigenvalue weighted by atomic mass is 10.2. The fraction of sp³-hybridized carbons (Fsp3) is 1.00. The molecule has 0 aromatic rings. The normalized spacial score (nSPS) is 10.6. The average molecular weight is 127 g/mol. The van der Waals surface area contributed by atoms with Crippen LogP contribution in [0.3, 0.4) is 0 Å². The van der Waals surface area contributed by atoms with Crippen LogP contribution in [0.15, 0.2) is 0 Å². The Morgan fingerprint density at radius 1 is 1.11 bits per heavy atom. The van der Waals surface area contributed by atoms with Gasteiger partial charge in [-0.15, -0.1) is 0 Å². The molecule has 0 bridgehead atoms. The van der Waals surface area contributed by atoms with E-state index >= 15 is 0 Å². The lowest BCUT2D eigenvalue weighted by Gasteiger charge is -2.14. The molecule has 0 aliphatic heterocycles. The summed E-state index contributed by atoms with van der Waals surface area (Å²) in [5.41, 5.74) is 0. The average Bonchev–Trinajstić information content (AvgIpc) is 1.85. The van der Waals surface area contributed by atoms with Crippen molar-refractivity contribution in [2.45, 2.75) is 33.1 Å². The van der Waals surface area contributed by atoms with E-state index in [-0.39, 0.29) is 0 Å². The van der Waals surface area contributed by atoms with Gasteiger partial charge in [-0.3, -0.25) is 0 Å². The number of rotatable bonds is 5. The summed E-state index contributed by atoms with van der Waals surface area (Å²) in [5, 5.41) is 0. The Labute approximate surface area is 59.9 Å². The molecule has 0 atom stereocenters. The van der Waals surface area contributed by atoms with Gasteiger partial charge in [-0.25, -0.2) is 0 Å². The third-order valence-electron chi connectivity index (χ3n) is 1.50. The Hall–Kier alpha value is 0.0249. The van der Waals surface area contributed by atoms with Gasteiger partial charge in [0.15, 0.2) is 7.98 Å². The van der Waals surface area contributed by atoms with Crippen LogP contribution in [-0.4, -0.2) is 25.9 Å². The second kappa shape index (κ2) is 6.15. The van der Waals surface area contributed by atoms with E-state index < -0.39 is 0 Å². The molecule has 0 aliphatic rings.